The lowest BCUT2D eigenvalue weighted by Crippen LogP contribution is -1.99. The molecule has 4 aromatic rings. The van der Waals surface area contributed by atoms with Gasteiger partial charge in [-0.3, -0.25) is 10.1 Å². The van der Waals surface area contributed by atoms with Crippen LogP contribution in [0.4, 0.5) is 5.69 Å². The molecule has 0 aliphatic heterocycles. The van der Waals surface area contributed by atoms with Gasteiger partial charge in [-0.1, -0.05) is 74.5 Å². The van der Waals surface area contributed by atoms with Gasteiger partial charge in [-0.25, -0.2) is 4.85 Å². The fourth-order valence-electron chi connectivity index (χ4n) is 3.54. The van der Waals surface area contributed by atoms with Crippen molar-refractivity contribution < 1.29 is 0 Å². The Morgan fingerprint density at radius 3 is 2.24 bits per heavy atom. The van der Waals surface area contributed by atoms with Gasteiger partial charge >= 0.3 is 0 Å². The number of H-pyrrole nitrogens is 1. The van der Waals surface area contributed by atoms with Gasteiger partial charge in [0.1, 0.15) is 0 Å². The van der Waals surface area contributed by atoms with Crippen molar-refractivity contribution in [2.45, 2.75) is 20.3 Å². The molecule has 4 rings (SSSR count). The summed E-state index contributed by atoms with van der Waals surface area (Å²) >= 11 is 0. The fourth-order valence-corrected chi connectivity index (χ4v) is 3.54. The molecule has 29 heavy (non-hydrogen) atoms. The first-order valence-electron chi connectivity index (χ1n) is 9.73. The number of rotatable bonds is 5. The van der Waals surface area contributed by atoms with Crippen LogP contribution in [-0.2, 0) is 6.42 Å². The van der Waals surface area contributed by atoms with Gasteiger partial charge in [-0.2, -0.15) is 5.10 Å². The van der Waals surface area contributed by atoms with Gasteiger partial charge in [0.25, 0.3) is 0 Å². The first kappa shape index (κ1) is 18.6. The summed E-state index contributed by atoms with van der Waals surface area (Å²) in [4.78, 5) is 8.46. The van der Waals surface area contributed by atoms with Crippen molar-refractivity contribution in [3.8, 4) is 33.8 Å². The van der Waals surface area contributed by atoms with Crippen LogP contribution in [0, 0.1) is 12.5 Å². The first-order chi connectivity index (χ1) is 14.2. The van der Waals surface area contributed by atoms with E-state index in [1.807, 2.05) is 54.7 Å². The van der Waals surface area contributed by atoms with Gasteiger partial charge in [0.05, 0.1) is 23.7 Å². The minimum Gasteiger partial charge on any atom is -0.287 e. The van der Waals surface area contributed by atoms with E-state index in [1.54, 1.807) is 0 Å². The van der Waals surface area contributed by atoms with Crippen molar-refractivity contribution >= 4 is 5.69 Å². The molecule has 2 aromatic carbocycles. The topological polar surface area (TPSA) is 45.9 Å². The van der Waals surface area contributed by atoms with Gasteiger partial charge in [-0.15, -0.1) is 0 Å². The molecular weight excluding hydrogens is 356 g/mol. The largest absolute Gasteiger partial charge is 0.287 e. The number of hydrogen-bond acceptors (Lipinski definition) is 2. The molecule has 0 unspecified atom stereocenters. The molecule has 0 amide bonds. The molecule has 0 aliphatic rings. The Hall–Kier alpha value is -3.71. The van der Waals surface area contributed by atoms with Gasteiger partial charge < -0.3 is 0 Å². The van der Waals surface area contributed by atoms with Crippen LogP contribution in [0.2, 0.25) is 0 Å². The molecule has 0 saturated carbocycles. The summed E-state index contributed by atoms with van der Waals surface area (Å²) in [6.07, 6.45) is 2.85. The van der Waals surface area contributed by atoms with E-state index in [0.717, 1.165) is 28.8 Å². The van der Waals surface area contributed by atoms with Crippen LogP contribution in [0.1, 0.15) is 19.4 Å². The second-order valence-corrected chi connectivity index (χ2v) is 7.46. The molecule has 0 bridgehead atoms. The van der Waals surface area contributed by atoms with E-state index >= 15 is 0 Å². The molecule has 0 atom stereocenters. The van der Waals surface area contributed by atoms with E-state index in [1.165, 1.54) is 5.56 Å². The third-order valence-electron chi connectivity index (χ3n) is 4.86. The van der Waals surface area contributed by atoms with Gasteiger partial charge in [0.15, 0.2) is 0 Å². The number of benzene rings is 2. The van der Waals surface area contributed by atoms with Crippen LogP contribution in [0.25, 0.3) is 38.6 Å². The first-order valence-corrected chi connectivity index (χ1v) is 9.73. The molecule has 4 nitrogen and oxygen atoms in total. The molecule has 0 aliphatic carbocycles. The van der Waals surface area contributed by atoms with Crippen molar-refractivity contribution in [2.24, 2.45) is 5.92 Å². The number of aromatic amines is 1. The lowest BCUT2D eigenvalue weighted by molar-refractivity contribution is 0.648. The lowest BCUT2D eigenvalue weighted by atomic mass is 9.94. The number of nitrogens with zero attached hydrogens (tertiary/aromatic N) is 3. The summed E-state index contributed by atoms with van der Waals surface area (Å²) in [6.45, 7) is 12.1. The highest BCUT2D eigenvalue weighted by Crippen LogP contribution is 2.38. The van der Waals surface area contributed by atoms with E-state index in [-0.39, 0.29) is 0 Å². The summed E-state index contributed by atoms with van der Waals surface area (Å²) in [6, 6.07) is 22.2. The average molecular weight is 378 g/mol. The van der Waals surface area contributed by atoms with Crippen LogP contribution < -0.4 is 0 Å². The molecule has 2 heterocycles. The summed E-state index contributed by atoms with van der Waals surface area (Å²) in [5.74, 6) is 0.509. The normalized spacial score (nSPS) is 10.8. The molecular formula is C25H22N4. The third kappa shape index (κ3) is 3.81. The minimum atomic E-state index is 0.506. The summed E-state index contributed by atoms with van der Waals surface area (Å²) in [5.41, 5.74) is 7.02. The van der Waals surface area contributed by atoms with Crippen molar-refractivity contribution in [1.82, 2.24) is 15.2 Å². The van der Waals surface area contributed by atoms with E-state index in [0.29, 0.717) is 23.0 Å². The van der Waals surface area contributed by atoms with Gasteiger partial charge in [0, 0.05) is 11.8 Å². The highest BCUT2D eigenvalue weighted by atomic mass is 15.1. The molecule has 4 heteroatoms. The van der Waals surface area contributed by atoms with Crippen LogP contribution in [0.15, 0.2) is 72.9 Å². The Labute approximate surface area is 171 Å². The van der Waals surface area contributed by atoms with Crippen molar-refractivity contribution in [2.75, 3.05) is 0 Å². The quantitative estimate of drug-likeness (QED) is 0.400. The monoisotopic (exact) mass is 378 g/mol. The predicted molar refractivity (Wildman–Crippen MR) is 117 cm³/mol. The Morgan fingerprint density at radius 1 is 0.966 bits per heavy atom. The van der Waals surface area contributed by atoms with E-state index in [9.17, 15) is 0 Å². The van der Waals surface area contributed by atoms with Crippen molar-refractivity contribution in [1.29, 1.82) is 0 Å². The maximum absolute atomic E-state index is 7.72. The number of hydrogen-bond donors (Lipinski definition) is 1. The summed E-state index contributed by atoms with van der Waals surface area (Å²) < 4.78 is 0. The van der Waals surface area contributed by atoms with Crippen LogP contribution >= 0.6 is 0 Å². The lowest BCUT2D eigenvalue weighted by Gasteiger charge is -2.13. The molecule has 142 valence electrons. The second-order valence-electron chi connectivity index (χ2n) is 7.46. The van der Waals surface area contributed by atoms with Crippen LogP contribution in [0.5, 0.6) is 0 Å². The van der Waals surface area contributed by atoms with Crippen molar-refractivity contribution in [3.05, 3.63) is 89.9 Å². The predicted octanol–water partition coefficient (Wildman–Crippen LogP) is 6.55. The average Bonchev–Trinajstić information content (AvgIpc) is 3.18. The Balaban J connectivity index is 1.82. The SMILES string of the molecule is [C-]#[N+]c1c(-c2ccccc2)n[nH]c1-c1cc(CC(C)C)c(-c2ccccc2)cn1. The highest BCUT2D eigenvalue weighted by Gasteiger charge is 2.19. The number of aromatic nitrogens is 3. The molecule has 0 radical (unpaired) electrons. The summed E-state index contributed by atoms with van der Waals surface area (Å²) in [5, 5.41) is 7.48. The zero-order valence-electron chi connectivity index (χ0n) is 16.6. The standard InChI is InChI=1S/C25H22N4/c1-17(2)14-20-15-22(27-16-21(20)18-10-6-4-7-11-18)24-25(26-3)23(28-29-24)19-12-8-5-9-13-19/h4-13,15-17H,14H2,1-2H3,(H,28,29). The Kier molecular flexibility index (Phi) is 5.22. The van der Waals surface area contributed by atoms with Gasteiger partial charge in [0.2, 0.25) is 5.69 Å². The van der Waals surface area contributed by atoms with Crippen LogP contribution in [0.3, 0.4) is 0 Å². The fraction of sp³-hybridized carbons (Fsp3) is 0.160. The zero-order chi connectivity index (χ0) is 20.2. The maximum atomic E-state index is 7.72. The number of nitrogens with one attached hydrogen (secondary N) is 1. The van der Waals surface area contributed by atoms with E-state index in [4.69, 9.17) is 11.6 Å². The highest BCUT2D eigenvalue weighted by molar-refractivity contribution is 5.86. The van der Waals surface area contributed by atoms with Crippen LogP contribution in [-0.4, -0.2) is 15.2 Å². The molecule has 1 N–H and O–H groups in total. The minimum absolute atomic E-state index is 0.506. The zero-order valence-corrected chi connectivity index (χ0v) is 16.6. The van der Waals surface area contributed by atoms with Gasteiger partial charge in [-0.05, 0) is 35.1 Å². The summed E-state index contributed by atoms with van der Waals surface area (Å²) in [7, 11) is 0. The molecule has 0 spiro atoms. The smallest absolute Gasteiger partial charge is 0.241 e. The number of pyridine rings is 1. The Morgan fingerprint density at radius 2 is 1.62 bits per heavy atom. The maximum Gasteiger partial charge on any atom is 0.241 e. The second kappa shape index (κ2) is 8.12. The van der Waals surface area contributed by atoms with E-state index < -0.39 is 0 Å². The molecule has 2 aromatic heterocycles. The van der Waals surface area contributed by atoms with E-state index in [2.05, 4.69) is 47.1 Å². The Bertz CT molecular complexity index is 1150. The molecule has 0 saturated heterocycles. The third-order valence-corrected chi connectivity index (χ3v) is 4.86. The molecule has 0 fully saturated rings. The van der Waals surface area contributed by atoms with Crippen molar-refractivity contribution in [3.63, 3.8) is 0 Å².